The fraction of sp³-hybridized carbons (Fsp3) is 0.800. The molecule has 0 saturated heterocycles. The van der Waals surface area contributed by atoms with Crippen LogP contribution in [0.1, 0.15) is 106 Å². The van der Waals surface area contributed by atoms with Gasteiger partial charge in [0.25, 0.3) is 0 Å². The molecule has 2 heteroatoms. The van der Waals surface area contributed by atoms with Gasteiger partial charge in [0.05, 0.1) is 11.7 Å². The van der Waals surface area contributed by atoms with Gasteiger partial charge < -0.3 is 10.2 Å². The van der Waals surface area contributed by atoms with Crippen molar-refractivity contribution in [3.05, 3.63) is 35.5 Å². The third-order valence-corrected chi connectivity index (χ3v) is 9.87. The van der Waals surface area contributed by atoms with Gasteiger partial charge in [-0.2, -0.15) is 0 Å². The molecule has 0 aromatic rings. The van der Waals surface area contributed by atoms with Crippen LogP contribution in [0.4, 0.5) is 0 Å². The van der Waals surface area contributed by atoms with E-state index in [0.717, 1.165) is 37.2 Å². The average Bonchev–Trinajstić information content (AvgIpc) is 3.05. The summed E-state index contributed by atoms with van der Waals surface area (Å²) in [5.41, 5.74) is 4.09. The van der Waals surface area contributed by atoms with Crippen LogP contribution in [0.15, 0.2) is 35.5 Å². The zero-order valence-corrected chi connectivity index (χ0v) is 22.0. The first-order valence-electron chi connectivity index (χ1n) is 13.2. The van der Waals surface area contributed by atoms with Crippen molar-refractivity contribution in [3.63, 3.8) is 0 Å². The Bertz CT molecular complexity index is 733. The van der Waals surface area contributed by atoms with Gasteiger partial charge in [0, 0.05) is 0 Å². The predicted octanol–water partition coefficient (Wildman–Crippen LogP) is 7.62. The van der Waals surface area contributed by atoms with Gasteiger partial charge in [-0.25, -0.2) is 0 Å². The number of aliphatic hydroxyl groups is 2. The quantitative estimate of drug-likeness (QED) is 0.415. The normalized spacial score (nSPS) is 37.7. The van der Waals surface area contributed by atoms with Gasteiger partial charge >= 0.3 is 0 Å². The minimum atomic E-state index is -0.579. The summed E-state index contributed by atoms with van der Waals surface area (Å²) in [6.45, 7) is 20.1. The van der Waals surface area contributed by atoms with Crippen molar-refractivity contribution in [2.45, 2.75) is 118 Å². The summed E-state index contributed by atoms with van der Waals surface area (Å²) in [6.07, 6.45) is 14.7. The number of rotatable bonds is 6. The molecule has 0 spiro atoms. The van der Waals surface area contributed by atoms with Crippen molar-refractivity contribution in [1.29, 1.82) is 0 Å². The molecule has 3 rings (SSSR count). The lowest BCUT2D eigenvalue weighted by Gasteiger charge is -2.48. The van der Waals surface area contributed by atoms with E-state index in [1.807, 2.05) is 13.8 Å². The molecule has 0 amide bonds. The molecular weight excluding hydrogens is 392 g/mol. The summed E-state index contributed by atoms with van der Waals surface area (Å²) in [5, 5.41) is 20.6. The lowest BCUT2D eigenvalue weighted by atomic mass is 9.57. The molecule has 0 aliphatic heterocycles. The Labute approximate surface area is 198 Å². The van der Waals surface area contributed by atoms with Gasteiger partial charge in [-0.1, -0.05) is 64.5 Å². The van der Waals surface area contributed by atoms with E-state index >= 15 is 0 Å². The Balaban J connectivity index is 1.75. The summed E-state index contributed by atoms with van der Waals surface area (Å²) in [4.78, 5) is 0. The molecule has 0 radical (unpaired) electrons. The molecule has 2 nitrogen and oxygen atoms in total. The molecule has 0 aromatic carbocycles. The van der Waals surface area contributed by atoms with Crippen LogP contribution in [-0.2, 0) is 0 Å². The van der Waals surface area contributed by atoms with E-state index in [2.05, 4.69) is 53.3 Å². The van der Waals surface area contributed by atoms with E-state index in [9.17, 15) is 10.2 Å². The number of allylic oxidation sites excluding steroid dienone is 3. The molecule has 0 heterocycles. The second kappa shape index (κ2) is 9.41. The lowest BCUT2D eigenvalue weighted by Crippen LogP contribution is -2.40. The number of hydrogen-bond acceptors (Lipinski definition) is 2. The first-order valence-corrected chi connectivity index (χ1v) is 13.2. The maximum atomic E-state index is 10.3. The zero-order valence-electron chi connectivity index (χ0n) is 22.0. The monoisotopic (exact) mass is 442 g/mol. The molecule has 0 aromatic heterocycles. The Morgan fingerprint density at radius 3 is 2.44 bits per heavy atom. The molecule has 3 aliphatic rings. The highest BCUT2D eigenvalue weighted by Crippen LogP contribution is 2.61. The van der Waals surface area contributed by atoms with E-state index in [1.54, 1.807) is 5.57 Å². The standard InChI is InChI=1S/C30H50O2/c1-20-18-23(19-27(31)21(20)2)11-12-24-10-9-15-30(8)25(13-14-26(24)30)22(3)28(4,5)16-17-29(6,7)32/h11-12,20,22,25-27,31-32H,2,9-10,13-19H2,1,3-8H3/b23-11-,24-12+/t20-,22-,25?,26?,27-,30-/m1/s1. The van der Waals surface area contributed by atoms with E-state index in [4.69, 9.17) is 0 Å². The predicted molar refractivity (Wildman–Crippen MR) is 136 cm³/mol. The van der Waals surface area contributed by atoms with Crippen LogP contribution in [0.5, 0.6) is 0 Å². The van der Waals surface area contributed by atoms with Crippen molar-refractivity contribution in [2.24, 2.45) is 34.5 Å². The minimum absolute atomic E-state index is 0.239. The number of fused-ring (bicyclic) bond motifs is 1. The zero-order chi connectivity index (χ0) is 23.9. The van der Waals surface area contributed by atoms with E-state index in [1.165, 1.54) is 37.7 Å². The van der Waals surface area contributed by atoms with Gasteiger partial charge in [0.2, 0.25) is 0 Å². The Morgan fingerprint density at radius 2 is 1.81 bits per heavy atom. The fourth-order valence-corrected chi connectivity index (χ4v) is 7.18. The molecule has 6 atom stereocenters. The molecule has 182 valence electrons. The van der Waals surface area contributed by atoms with Crippen LogP contribution in [-0.4, -0.2) is 21.9 Å². The average molecular weight is 443 g/mol. The van der Waals surface area contributed by atoms with Crippen LogP contribution in [0.3, 0.4) is 0 Å². The van der Waals surface area contributed by atoms with Crippen LogP contribution in [0, 0.1) is 34.5 Å². The van der Waals surface area contributed by atoms with Crippen LogP contribution in [0.2, 0.25) is 0 Å². The molecule has 0 bridgehead atoms. The second-order valence-corrected chi connectivity index (χ2v) is 13.2. The van der Waals surface area contributed by atoms with Gasteiger partial charge in [0.15, 0.2) is 0 Å². The molecule has 32 heavy (non-hydrogen) atoms. The first-order chi connectivity index (χ1) is 14.7. The minimum Gasteiger partial charge on any atom is -0.390 e. The Kier molecular flexibility index (Phi) is 7.58. The van der Waals surface area contributed by atoms with Crippen molar-refractivity contribution in [1.82, 2.24) is 0 Å². The van der Waals surface area contributed by atoms with E-state index < -0.39 is 5.60 Å². The topological polar surface area (TPSA) is 40.5 Å². The van der Waals surface area contributed by atoms with Crippen LogP contribution >= 0.6 is 0 Å². The molecule has 2 unspecified atom stereocenters. The highest BCUT2D eigenvalue weighted by Gasteiger charge is 2.52. The van der Waals surface area contributed by atoms with E-state index in [0.29, 0.717) is 23.2 Å². The molecular formula is C30H50O2. The maximum absolute atomic E-state index is 10.3. The van der Waals surface area contributed by atoms with Crippen molar-refractivity contribution < 1.29 is 10.2 Å². The fourth-order valence-electron chi connectivity index (χ4n) is 7.18. The smallest absolute Gasteiger partial charge is 0.0787 e. The summed E-state index contributed by atoms with van der Waals surface area (Å²) in [6, 6.07) is 0. The lowest BCUT2D eigenvalue weighted by molar-refractivity contribution is 0.0127. The highest BCUT2D eigenvalue weighted by atomic mass is 16.3. The number of hydrogen-bond donors (Lipinski definition) is 2. The van der Waals surface area contributed by atoms with Crippen LogP contribution in [0.25, 0.3) is 0 Å². The van der Waals surface area contributed by atoms with Crippen molar-refractivity contribution >= 4 is 0 Å². The van der Waals surface area contributed by atoms with Crippen LogP contribution < -0.4 is 0 Å². The van der Waals surface area contributed by atoms with Gasteiger partial charge in [-0.15, -0.1) is 0 Å². The maximum Gasteiger partial charge on any atom is 0.0787 e. The Hall–Kier alpha value is -0.860. The number of aliphatic hydroxyl groups excluding tert-OH is 1. The summed E-state index contributed by atoms with van der Waals surface area (Å²) < 4.78 is 0. The SMILES string of the molecule is C=C1[C@H](C)C/C(=C/C=C2\CCC[C@@]3(C)C2CCC3[C@@H](C)C(C)(C)CCC(C)(C)O)C[C@H]1O. The first kappa shape index (κ1) is 25.8. The molecule has 3 fully saturated rings. The third-order valence-electron chi connectivity index (χ3n) is 9.87. The van der Waals surface area contributed by atoms with Crippen molar-refractivity contribution in [3.8, 4) is 0 Å². The third kappa shape index (κ3) is 5.44. The highest BCUT2D eigenvalue weighted by molar-refractivity contribution is 5.29. The molecule has 3 aliphatic carbocycles. The molecule has 3 saturated carbocycles. The van der Waals surface area contributed by atoms with Gasteiger partial charge in [0.1, 0.15) is 0 Å². The van der Waals surface area contributed by atoms with Gasteiger partial charge in [-0.05, 0) is 112 Å². The summed E-state index contributed by atoms with van der Waals surface area (Å²) in [7, 11) is 0. The van der Waals surface area contributed by atoms with Crippen molar-refractivity contribution in [2.75, 3.05) is 0 Å². The second-order valence-electron chi connectivity index (χ2n) is 13.2. The largest absolute Gasteiger partial charge is 0.390 e. The summed E-state index contributed by atoms with van der Waals surface area (Å²) >= 11 is 0. The van der Waals surface area contributed by atoms with E-state index in [-0.39, 0.29) is 11.5 Å². The Morgan fingerprint density at radius 1 is 1.12 bits per heavy atom. The molecule has 2 N–H and O–H groups in total. The summed E-state index contributed by atoms with van der Waals surface area (Å²) in [5.74, 6) is 2.48. The van der Waals surface area contributed by atoms with Gasteiger partial charge in [-0.3, -0.25) is 0 Å².